The highest BCUT2D eigenvalue weighted by Gasteiger charge is 2.35. The molecule has 0 aliphatic heterocycles. The number of hydrogen-bond donors (Lipinski definition) is 23. The molecule has 3 aromatic carbocycles. The normalized spacial score (nSPS) is 13.5. The van der Waals surface area contributed by atoms with Crippen LogP contribution in [0.5, 0.6) is 0 Å². The molecule has 7 atom stereocenters. The van der Waals surface area contributed by atoms with Crippen LogP contribution in [-0.4, -0.2) is 154 Å². The minimum Gasteiger partial charge on any atom is -0.480 e. The number of hydrogen-bond acceptors (Lipinski definition) is 12. The number of guanidine groups is 4. The minimum atomic E-state index is -1.48. The molecule has 0 spiro atoms. The van der Waals surface area contributed by atoms with Crippen molar-refractivity contribution >= 4 is 98.0 Å². The number of aromatic amines is 3. The van der Waals surface area contributed by atoms with Crippen LogP contribution in [-0.2, 0) is 52.8 Å². The summed E-state index contributed by atoms with van der Waals surface area (Å²) in [6, 6.07) is 12.2. The second-order valence-electron chi connectivity index (χ2n) is 20.9. The van der Waals surface area contributed by atoms with Crippen LogP contribution < -0.4 is 81.8 Å². The van der Waals surface area contributed by atoms with Gasteiger partial charge in [-0.05, 0) is 86.3 Å². The van der Waals surface area contributed by atoms with Crippen molar-refractivity contribution in [3.8, 4) is 0 Å². The lowest BCUT2D eigenvalue weighted by molar-refractivity contribution is -0.142. The Kier molecular flexibility index (Phi) is 24.6. The molecular formula is C57H80N22O8. The third-order valence-corrected chi connectivity index (χ3v) is 14.4. The molecule has 0 saturated carbocycles. The van der Waals surface area contributed by atoms with Crippen molar-refractivity contribution in [2.75, 3.05) is 26.2 Å². The summed E-state index contributed by atoms with van der Waals surface area (Å²) in [5.41, 5.74) is 32.3. The first kappa shape index (κ1) is 65.8. The highest BCUT2D eigenvalue weighted by molar-refractivity contribution is 5.98. The summed E-state index contributed by atoms with van der Waals surface area (Å²) >= 11 is 0. The number of carbonyl (C=O) groups excluding carboxylic acids is 6. The lowest BCUT2D eigenvalue weighted by Crippen LogP contribution is -2.60. The van der Waals surface area contributed by atoms with E-state index in [4.69, 9.17) is 50.3 Å². The van der Waals surface area contributed by atoms with Gasteiger partial charge < -0.3 is 102 Å². The van der Waals surface area contributed by atoms with E-state index in [0.29, 0.717) is 34.0 Å². The van der Waals surface area contributed by atoms with E-state index < -0.39 is 83.7 Å². The van der Waals surface area contributed by atoms with Crippen LogP contribution in [0, 0.1) is 21.6 Å². The molecule has 6 amide bonds. The summed E-state index contributed by atoms with van der Waals surface area (Å²) in [6.45, 7) is 0.593. The molecule has 30 nitrogen and oxygen atoms in total. The molecule has 466 valence electrons. The first-order chi connectivity index (χ1) is 41.7. The zero-order valence-corrected chi connectivity index (χ0v) is 48.0. The highest BCUT2D eigenvalue weighted by atomic mass is 16.4. The molecular weight excluding hydrogens is 1120 g/mol. The lowest BCUT2D eigenvalue weighted by atomic mass is 10.00. The first-order valence-corrected chi connectivity index (χ1v) is 28.4. The van der Waals surface area contributed by atoms with Gasteiger partial charge in [0.05, 0.1) is 6.04 Å². The SMILES string of the molecule is N=C(N)NCCC[C@H](NC(=O)[C@H](CCCNC(=N)N)NC(=O)[C@H](Cc1c[nH]c2ccccc12)NC(=O)[C@H](Cc1c[nH]c2ccccc12)NC(=O)[C@H](CCCNC(=N)N)NC(=O)[C@@H](N)CCCNC(=N)N)C(=O)N[C@@H](Cc1c[nH]c2ccccc12)C(=O)O. The minimum absolute atomic E-state index is 0.00214. The number of amides is 6. The number of para-hydroxylation sites is 3. The smallest absolute Gasteiger partial charge is 0.326 e. The van der Waals surface area contributed by atoms with Gasteiger partial charge in [0.2, 0.25) is 35.4 Å². The van der Waals surface area contributed by atoms with E-state index in [9.17, 15) is 29.1 Å². The fourth-order valence-corrected chi connectivity index (χ4v) is 9.89. The van der Waals surface area contributed by atoms with Gasteiger partial charge in [-0.3, -0.25) is 50.4 Å². The summed E-state index contributed by atoms with van der Waals surface area (Å²) in [7, 11) is 0. The van der Waals surface area contributed by atoms with Crippen molar-refractivity contribution in [3.05, 3.63) is 108 Å². The van der Waals surface area contributed by atoms with Gasteiger partial charge in [0.15, 0.2) is 23.8 Å². The van der Waals surface area contributed by atoms with Gasteiger partial charge in [0, 0.05) is 96.7 Å². The van der Waals surface area contributed by atoms with E-state index in [1.807, 2.05) is 54.6 Å². The fourth-order valence-electron chi connectivity index (χ4n) is 9.89. The van der Waals surface area contributed by atoms with E-state index in [-0.39, 0.29) is 114 Å². The number of rotatable bonds is 35. The highest BCUT2D eigenvalue weighted by Crippen LogP contribution is 2.23. The summed E-state index contributed by atoms with van der Waals surface area (Å²) in [5.74, 6) is -7.49. The molecule has 3 aromatic heterocycles. The fraction of sp³-hybridized carbons (Fsp3) is 0.386. The quantitative estimate of drug-likeness (QED) is 0.0123. The zero-order valence-electron chi connectivity index (χ0n) is 48.0. The number of carbonyl (C=O) groups is 7. The van der Waals surface area contributed by atoms with Crippen LogP contribution in [0.25, 0.3) is 32.7 Å². The van der Waals surface area contributed by atoms with E-state index in [2.05, 4.69) is 68.1 Å². The second kappa shape index (κ2) is 32.6. The summed E-state index contributed by atoms with van der Waals surface area (Å²) in [6.07, 6.45) is 5.41. The second-order valence-corrected chi connectivity index (χ2v) is 20.9. The zero-order chi connectivity index (χ0) is 63.0. The van der Waals surface area contributed by atoms with Crippen molar-refractivity contribution in [3.63, 3.8) is 0 Å². The van der Waals surface area contributed by atoms with Crippen molar-refractivity contribution in [1.29, 1.82) is 21.6 Å². The van der Waals surface area contributed by atoms with Crippen LogP contribution in [0.4, 0.5) is 0 Å². The monoisotopic (exact) mass is 1200 g/mol. The molecule has 0 fully saturated rings. The molecule has 0 aliphatic carbocycles. The molecule has 30 heteroatoms. The average molecular weight is 1200 g/mol. The maximum Gasteiger partial charge on any atom is 0.326 e. The molecule has 6 aromatic rings. The van der Waals surface area contributed by atoms with E-state index in [0.717, 1.165) is 21.8 Å². The molecule has 3 heterocycles. The van der Waals surface area contributed by atoms with Crippen molar-refractivity contribution in [1.82, 2.24) is 68.1 Å². The Morgan fingerprint density at radius 1 is 0.391 bits per heavy atom. The molecule has 28 N–H and O–H groups in total. The predicted molar refractivity (Wildman–Crippen MR) is 330 cm³/mol. The topological polar surface area (TPSA) is 533 Å². The molecule has 0 radical (unpaired) electrons. The number of benzene rings is 3. The standard InChI is InChI=1S/C57H80N22O8/c58-37(14-7-21-67-54(59)60)47(80)74-41(18-8-22-68-55(61)62)49(82)77-45(26-32-29-72-39-16-5-2-12-35(32)39)52(85)78-44(25-31-28-71-38-15-4-1-11-34(31)38)51(84)76-42(19-9-23-69-56(63)64)48(81)75-43(20-10-24-70-57(65)66)50(83)79-46(53(86)87)27-33-30-73-40-17-6-3-13-36(33)40/h1-6,11-13,15-17,28-30,37,41-46,71-73H,7-10,14,18-27,58H2,(H,74,80)(H,75,81)(H,76,84)(H,77,82)(H,78,85)(H,79,83)(H,86,87)(H4,59,60,67)(H4,61,62,68)(H4,63,64,69)(H4,65,66,70)/t37-,41-,42-,43-,44-,45-,46-/m0/s1. The van der Waals surface area contributed by atoms with Gasteiger partial charge in [0.1, 0.15) is 36.3 Å². The van der Waals surface area contributed by atoms with E-state index in [1.54, 1.807) is 36.8 Å². The third-order valence-electron chi connectivity index (χ3n) is 14.4. The molecule has 0 bridgehead atoms. The molecule has 0 unspecified atom stereocenters. The van der Waals surface area contributed by atoms with Crippen LogP contribution in [0.15, 0.2) is 91.4 Å². The number of aromatic nitrogens is 3. The molecule has 6 rings (SSSR count). The Bertz CT molecular complexity index is 3390. The Labute approximate surface area is 500 Å². The Morgan fingerprint density at radius 2 is 0.655 bits per heavy atom. The average Bonchev–Trinajstić information content (AvgIpc) is 2.30. The Balaban J connectivity index is 1.31. The number of carboxylic acids is 1. The van der Waals surface area contributed by atoms with Gasteiger partial charge in [-0.15, -0.1) is 0 Å². The predicted octanol–water partition coefficient (Wildman–Crippen LogP) is -1.47. The van der Waals surface area contributed by atoms with Crippen molar-refractivity contribution in [2.24, 2.45) is 28.7 Å². The van der Waals surface area contributed by atoms with Crippen molar-refractivity contribution in [2.45, 2.75) is 113 Å². The number of fused-ring (bicyclic) bond motifs is 3. The van der Waals surface area contributed by atoms with Crippen LogP contribution in [0.1, 0.15) is 68.1 Å². The maximum atomic E-state index is 15.2. The summed E-state index contributed by atoms with van der Waals surface area (Å²) < 4.78 is 0. The van der Waals surface area contributed by atoms with Gasteiger partial charge in [-0.2, -0.15) is 0 Å². The number of H-pyrrole nitrogens is 3. The van der Waals surface area contributed by atoms with Crippen molar-refractivity contribution < 1.29 is 38.7 Å². The molecule has 87 heavy (non-hydrogen) atoms. The van der Waals surface area contributed by atoms with Gasteiger partial charge >= 0.3 is 5.97 Å². The number of aliphatic carboxylic acids is 1. The Morgan fingerprint density at radius 3 is 0.977 bits per heavy atom. The summed E-state index contributed by atoms with van der Waals surface area (Å²) in [4.78, 5) is 110. The number of nitrogens with one attached hydrogen (secondary N) is 17. The maximum absolute atomic E-state index is 15.2. The third kappa shape index (κ3) is 20.4. The first-order valence-electron chi connectivity index (χ1n) is 28.4. The van der Waals surface area contributed by atoms with Crippen LogP contribution in [0.2, 0.25) is 0 Å². The van der Waals surface area contributed by atoms with Gasteiger partial charge in [-0.1, -0.05) is 54.6 Å². The Hall–Kier alpha value is -10.4. The molecule has 0 saturated heterocycles. The number of carboxylic acid groups (broad SMARTS) is 1. The molecule has 0 aliphatic rings. The number of nitrogens with two attached hydrogens (primary N) is 5. The van der Waals surface area contributed by atoms with E-state index >= 15 is 9.59 Å². The van der Waals surface area contributed by atoms with Crippen LogP contribution >= 0.6 is 0 Å². The largest absolute Gasteiger partial charge is 0.480 e. The van der Waals surface area contributed by atoms with E-state index in [1.165, 1.54) is 0 Å². The van der Waals surface area contributed by atoms with Gasteiger partial charge in [0.25, 0.3) is 0 Å². The van der Waals surface area contributed by atoms with Gasteiger partial charge in [-0.25, -0.2) is 4.79 Å². The summed E-state index contributed by atoms with van der Waals surface area (Å²) in [5, 5.41) is 70.0. The van der Waals surface area contributed by atoms with Crippen LogP contribution in [0.3, 0.4) is 0 Å². The lowest BCUT2D eigenvalue weighted by Gasteiger charge is -2.28.